The summed E-state index contributed by atoms with van der Waals surface area (Å²) in [5, 5.41) is 29.4. The van der Waals surface area contributed by atoms with Crippen molar-refractivity contribution in [3.05, 3.63) is 41.5 Å². The smallest absolute Gasteiger partial charge is 0.193 e. The minimum Gasteiger partial charge on any atom is -0.508 e. The third kappa shape index (κ3) is 3.31. The lowest BCUT2D eigenvalue weighted by Crippen LogP contribution is -2.41. The van der Waals surface area contributed by atoms with Gasteiger partial charge in [0.15, 0.2) is 11.0 Å². The summed E-state index contributed by atoms with van der Waals surface area (Å²) in [6.07, 6.45) is 2.70. The van der Waals surface area contributed by atoms with Gasteiger partial charge in [0, 0.05) is 23.8 Å². The van der Waals surface area contributed by atoms with Crippen molar-refractivity contribution in [3.8, 4) is 28.6 Å². The van der Waals surface area contributed by atoms with Crippen LogP contribution < -0.4 is 4.90 Å². The van der Waals surface area contributed by atoms with E-state index in [0.717, 1.165) is 30.6 Å². The summed E-state index contributed by atoms with van der Waals surface area (Å²) in [5.74, 6) is 0.532. The second kappa shape index (κ2) is 7.54. The van der Waals surface area contributed by atoms with Gasteiger partial charge in [0.1, 0.15) is 11.5 Å². The molecule has 3 aromatic rings. The normalized spacial score (nSPS) is 14.9. The van der Waals surface area contributed by atoms with Crippen molar-refractivity contribution in [1.29, 1.82) is 0 Å². The van der Waals surface area contributed by atoms with Crippen molar-refractivity contribution >= 4 is 18.3 Å². The molecule has 0 bridgehead atoms. The third-order valence-electron chi connectivity index (χ3n) is 5.88. The first-order chi connectivity index (χ1) is 14.3. The first kappa shape index (κ1) is 20.6. The summed E-state index contributed by atoms with van der Waals surface area (Å²) in [4.78, 5) is 2.47. The van der Waals surface area contributed by atoms with Crippen LogP contribution in [0.15, 0.2) is 35.5 Å². The Morgan fingerprint density at radius 2 is 1.83 bits per heavy atom. The predicted molar refractivity (Wildman–Crippen MR) is 122 cm³/mol. The molecular weight excluding hydrogens is 396 g/mol. The molecule has 0 saturated carbocycles. The maximum Gasteiger partial charge on any atom is 0.193 e. The summed E-state index contributed by atoms with van der Waals surface area (Å²) in [6.45, 7) is 9.73. The van der Waals surface area contributed by atoms with E-state index in [-0.39, 0.29) is 17.0 Å². The van der Waals surface area contributed by atoms with E-state index < -0.39 is 0 Å². The third-order valence-corrected chi connectivity index (χ3v) is 6.17. The Labute approximate surface area is 182 Å². The number of benzene rings is 2. The van der Waals surface area contributed by atoms with Gasteiger partial charge in [-0.2, -0.15) is 0 Å². The number of hydrogen-bond donors (Lipinski definition) is 3. The van der Waals surface area contributed by atoms with E-state index in [4.69, 9.17) is 0 Å². The predicted octanol–water partition coefficient (Wildman–Crippen LogP) is 4.75. The maximum absolute atomic E-state index is 10.5. The number of aromatic nitrogens is 3. The number of nitrogens with zero attached hydrogens (tertiary/aromatic N) is 4. The van der Waals surface area contributed by atoms with E-state index in [1.165, 1.54) is 17.3 Å². The van der Waals surface area contributed by atoms with Gasteiger partial charge < -0.3 is 15.1 Å². The summed E-state index contributed by atoms with van der Waals surface area (Å²) in [7, 11) is 0. The Kier molecular flexibility index (Phi) is 5.18. The molecule has 0 aliphatic carbocycles. The minimum absolute atomic E-state index is 0.0388. The van der Waals surface area contributed by atoms with Crippen LogP contribution in [0.3, 0.4) is 0 Å². The molecule has 7 heteroatoms. The molecule has 0 spiro atoms. The average molecular weight is 425 g/mol. The summed E-state index contributed by atoms with van der Waals surface area (Å²) < 4.78 is 1.84. The zero-order valence-electron chi connectivity index (χ0n) is 17.8. The average Bonchev–Trinajstić information content (AvgIpc) is 3.18. The molecule has 2 N–H and O–H groups in total. The highest BCUT2D eigenvalue weighted by Gasteiger charge is 2.35. The van der Waals surface area contributed by atoms with Crippen LogP contribution in [-0.4, -0.2) is 37.1 Å². The SMILES string of the molecule is CCCN1c2ccc(-n3c(S)nnc3-c3cc(CC)c(O)cc3O)cc2CC1(C)C. The summed E-state index contributed by atoms with van der Waals surface area (Å²) >= 11 is 4.52. The van der Waals surface area contributed by atoms with Gasteiger partial charge in [0.2, 0.25) is 0 Å². The zero-order chi connectivity index (χ0) is 21.6. The van der Waals surface area contributed by atoms with Crippen molar-refractivity contribution in [2.45, 2.75) is 57.7 Å². The number of phenols is 2. The quantitative estimate of drug-likeness (QED) is 0.516. The summed E-state index contributed by atoms with van der Waals surface area (Å²) in [5.41, 5.74) is 4.78. The van der Waals surface area contributed by atoms with E-state index in [2.05, 4.69) is 60.6 Å². The van der Waals surface area contributed by atoms with Gasteiger partial charge in [-0.25, -0.2) is 0 Å². The number of phenolic OH excluding ortho intramolecular Hbond substituents is 2. The molecule has 1 aromatic heterocycles. The van der Waals surface area contributed by atoms with Crippen LogP contribution in [0.5, 0.6) is 11.5 Å². The van der Waals surface area contributed by atoms with E-state index in [1.54, 1.807) is 6.07 Å². The molecule has 1 aliphatic heterocycles. The molecule has 2 heterocycles. The second-order valence-electron chi connectivity index (χ2n) is 8.46. The van der Waals surface area contributed by atoms with Crippen molar-refractivity contribution in [2.75, 3.05) is 11.4 Å². The van der Waals surface area contributed by atoms with Crippen LogP contribution in [-0.2, 0) is 12.8 Å². The molecule has 30 heavy (non-hydrogen) atoms. The molecule has 0 fully saturated rings. The Bertz CT molecular complexity index is 1110. The Morgan fingerprint density at radius 1 is 1.07 bits per heavy atom. The molecule has 0 atom stereocenters. The van der Waals surface area contributed by atoms with Gasteiger partial charge in [0.25, 0.3) is 0 Å². The van der Waals surface area contributed by atoms with Crippen molar-refractivity contribution in [2.24, 2.45) is 0 Å². The van der Waals surface area contributed by atoms with E-state index in [0.29, 0.717) is 23.0 Å². The number of anilines is 1. The molecule has 0 amide bonds. The van der Waals surface area contributed by atoms with Crippen molar-refractivity contribution in [3.63, 3.8) is 0 Å². The number of hydrogen-bond acceptors (Lipinski definition) is 6. The van der Waals surface area contributed by atoms with Crippen LogP contribution in [0.25, 0.3) is 17.1 Å². The minimum atomic E-state index is -0.0388. The fraction of sp³-hybridized carbons (Fsp3) is 0.391. The zero-order valence-corrected chi connectivity index (χ0v) is 18.7. The lowest BCUT2D eigenvalue weighted by atomic mass is 9.99. The van der Waals surface area contributed by atoms with Crippen LogP contribution in [0.2, 0.25) is 0 Å². The van der Waals surface area contributed by atoms with Gasteiger partial charge in [-0.15, -0.1) is 22.8 Å². The maximum atomic E-state index is 10.5. The number of fused-ring (bicyclic) bond motifs is 1. The highest BCUT2D eigenvalue weighted by molar-refractivity contribution is 7.80. The van der Waals surface area contributed by atoms with E-state index in [1.807, 2.05) is 17.6 Å². The van der Waals surface area contributed by atoms with Gasteiger partial charge >= 0.3 is 0 Å². The first-order valence-corrected chi connectivity index (χ1v) is 10.8. The monoisotopic (exact) mass is 424 g/mol. The molecular formula is C23H28N4O2S. The number of aromatic hydroxyl groups is 2. The van der Waals surface area contributed by atoms with Crippen LogP contribution in [0.1, 0.15) is 45.2 Å². The molecule has 0 saturated heterocycles. The van der Waals surface area contributed by atoms with E-state index in [9.17, 15) is 10.2 Å². The fourth-order valence-electron chi connectivity index (χ4n) is 4.42. The van der Waals surface area contributed by atoms with Gasteiger partial charge in [-0.3, -0.25) is 4.57 Å². The van der Waals surface area contributed by atoms with Crippen LogP contribution >= 0.6 is 12.6 Å². The molecule has 0 radical (unpaired) electrons. The largest absolute Gasteiger partial charge is 0.508 e. The highest BCUT2D eigenvalue weighted by Crippen LogP contribution is 2.41. The topological polar surface area (TPSA) is 74.4 Å². The fourth-order valence-corrected chi connectivity index (χ4v) is 4.68. The molecule has 0 unspecified atom stereocenters. The standard InChI is InChI=1S/C23H28N4O2S/c1-5-9-26-18-8-7-16(10-15(18)13-23(26,3)4)27-21(24-25-22(27)30)17-11-14(6-2)19(28)12-20(17)29/h7-8,10-12,28-29H,5-6,9,13H2,1-4H3,(H,25,30). The van der Waals surface area contributed by atoms with Crippen LogP contribution in [0, 0.1) is 0 Å². The Morgan fingerprint density at radius 3 is 2.53 bits per heavy atom. The lowest BCUT2D eigenvalue weighted by Gasteiger charge is -2.34. The number of aryl methyl sites for hydroxylation is 1. The first-order valence-electron chi connectivity index (χ1n) is 10.4. The van der Waals surface area contributed by atoms with Crippen LogP contribution in [0.4, 0.5) is 5.69 Å². The molecule has 1 aliphatic rings. The molecule has 2 aromatic carbocycles. The van der Waals surface area contributed by atoms with E-state index >= 15 is 0 Å². The number of thiol groups is 1. The van der Waals surface area contributed by atoms with Crippen molar-refractivity contribution in [1.82, 2.24) is 14.8 Å². The second-order valence-corrected chi connectivity index (χ2v) is 8.86. The number of rotatable bonds is 5. The van der Waals surface area contributed by atoms with Gasteiger partial charge in [0.05, 0.1) is 11.3 Å². The molecule has 4 rings (SSSR count). The molecule has 6 nitrogen and oxygen atoms in total. The van der Waals surface area contributed by atoms with Gasteiger partial charge in [-0.1, -0.05) is 13.8 Å². The van der Waals surface area contributed by atoms with Gasteiger partial charge in [-0.05, 0) is 68.5 Å². The summed E-state index contributed by atoms with van der Waals surface area (Å²) in [6, 6.07) is 9.49. The Balaban J connectivity index is 1.83. The van der Waals surface area contributed by atoms with Crippen molar-refractivity contribution < 1.29 is 10.2 Å². The lowest BCUT2D eigenvalue weighted by molar-refractivity contribution is 0.447. The Hall–Kier alpha value is -2.67. The molecule has 158 valence electrons. The highest BCUT2D eigenvalue weighted by atomic mass is 32.1.